The highest BCUT2D eigenvalue weighted by Gasteiger charge is 2.13. The molecule has 0 aliphatic heterocycles. The Morgan fingerprint density at radius 1 is 1.40 bits per heavy atom. The molecule has 9 heteroatoms. The molecule has 0 aliphatic rings. The van der Waals surface area contributed by atoms with Gasteiger partial charge >= 0.3 is 5.97 Å². The summed E-state index contributed by atoms with van der Waals surface area (Å²) in [4.78, 5) is 11.6. The van der Waals surface area contributed by atoms with Gasteiger partial charge in [-0.15, -0.1) is 0 Å². The number of halogens is 1. The molecule has 7 nitrogen and oxygen atoms in total. The minimum Gasteiger partial charge on any atom is -0.464 e. The van der Waals surface area contributed by atoms with E-state index in [1.807, 2.05) is 0 Å². The van der Waals surface area contributed by atoms with Crippen LogP contribution >= 0.6 is 0 Å². The molecule has 112 valence electrons. The van der Waals surface area contributed by atoms with Crippen molar-refractivity contribution in [1.29, 1.82) is 0 Å². The number of hydrogen-bond donors (Lipinski definition) is 1. The fourth-order valence-corrected chi connectivity index (χ4v) is 1.48. The molecule has 0 amide bonds. The number of carbonyl (C=O) groups excluding carboxylic acids is 1. The molecule has 0 fully saturated rings. The van der Waals surface area contributed by atoms with Gasteiger partial charge in [0.1, 0.15) is 12.4 Å². The Kier molecular flexibility index (Phi) is 5.86. The maximum Gasteiger partial charge on any atom is 0.338 e. The van der Waals surface area contributed by atoms with Crippen LogP contribution < -0.4 is 4.74 Å². The highest BCUT2D eigenvalue weighted by molar-refractivity contribution is 7.85. The van der Waals surface area contributed by atoms with Crippen molar-refractivity contribution in [1.82, 2.24) is 0 Å². The van der Waals surface area contributed by atoms with E-state index in [2.05, 4.69) is 9.47 Å². The molecule has 0 radical (unpaired) electrons. The van der Waals surface area contributed by atoms with E-state index < -0.39 is 34.3 Å². The van der Waals surface area contributed by atoms with E-state index in [4.69, 9.17) is 9.29 Å². The van der Waals surface area contributed by atoms with Crippen LogP contribution in [0.5, 0.6) is 5.75 Å². The average Bonchev–Trinajstić information content (AvgIpc) is 2.36. The first kappa shape index (κ1) is 16.3. The van der Waals surface area contributed by atoms with Gasteiger partial charge in [-0.25, -0.2) is 9.18 Å². The first-order valence-electron chi connectivity index (χ1n) is 5.37. The number of ether oxygens (including phenoxy) is 3. The van der Waals surface area contributed by atoms with Crippen molar-refractivity contribution in [3.63, 3.8) is 0 Å². The van der Waals surface area contributed by atoms with Gasteiger partial charge in [0.25, 0.3) is 10.1 Å². The largest absolute Gasteiger partial charge is 0.464 e. The lowest BCUT2D eigenvalue weighted by atomic mass is 10.2. The molecule has 0 atom stereocenters. The predicted molar refractivity (Wildman–Crippen MR) is 65.6 cm³/mol. The second kappa shape index (κ2) is 7.17. The molecular weight excluding hydrogens is 295 g/mol. The molecular formula is C11H13FO7S. The van der Waals surface area contributed by atoms with Crippen LogP contribution in [0.4, 0.5) is 4.39 Å². The summed E-state index contributed by atoms with van der Waals surface area (Å²) in [5.74, 6) is -2.46. The summed E-state index contributed by atoms with van der Waals surface area (Å²) in [7, 11) is -2.85. The Balaban J connectivity index is 2.68. The molecule has 1 N–H and O–H groups in total. The molecule has 0 bridgehead atoms. The van der Waals surface area contributed by atoms with Crippen LogP contribution in [0, 0.1) is 5.82 Å². The molecule has 1 aromatic rings. The van der Waals surface area contributed by atoms with Gasteiger partial charge in [0.2, 0.25) is 0 Å². The van der Waals surface area contributed by atoms with Gasteiger partial charge in [0.15, 0.2) is 18.4 Å². The van der Waals surface area contributed by atoms with Crippen LogP contribution in [0.1, 0.15) is 10.4 Å². The fraction of sp³-hybridized carbons (Fsp3) is 0.364. The van der Waals surface area contributed by atoms with Crippen molar-refractivity contribution < 1.29 is 36.4 Å². The van der Waals surface area contributed by atoms with E-state index >= 15 is 0 Å². The fourth-order valence-electron chi connectivity index (χ4n) is 1.19. The molecule has 1 aromatic carbocycles. The van der Waals surface area contributed by atoms with Crippen molar-refractivity contribution in [3.05, 3.63) is 29.6 Å². The van der Waals surface area contributed by atoms with E-state index in [1.165, 1.54) is 7.11 Å². The number of benzene rings is 1. The summed E-state index contributed by atoms with van der Waals surface area (Å²) in [5, 5.41) is 0. The van der Waals surface area contributed by atoms with E-state index in [0.29, 0.717) is 0 Å². The molecule has 0 saturated carbocycles. The maximum absolute atomic E-state index is 13.3. The molecule has 0 heterocycles. The van der Waals surface area contributed by atoms with E-state index in [9.17, 15) is 17.6 Å². The highest BCUT2D eigenvalue weighted by Crippen LogP contribution is 2.19. The lowest BCUT2D eigenvalue weighted by Gasteiger charge is -2.08. The lowest BCUT2D eigenvalue weighted by Crippen LogP contribution is -2.15. The Bertz CT molecular complexity index is 570. The minimum absolute atomic E-state index is 0.0205. The van der Waals surface area contributed by atoms with Gasteiger partial charge in [-0.3, -0.25) is 4.55 Å². The Labute approximate surface area is 115 Å². The van der Waals surface area contributed by atoms with Crippen molar-refractivity contribution in [2.24, 2.45) is 0 Å². The van der Waals surface area contributed by atoms with Crippen molar-refractivity contribution >= 4 is 16.1 Å². The number of carbonyl (C=O) groups is 1. The zero-order chi connectivity index (χ0) is 15.2. The summed E-state index contributed by atoms with van der Waals surface area (Å²) >= 11 is 0. The number of methoxy groups -OCH3 is 1. The summed E-state index contributed by atoms with van der Waals surface area (Å²) < 4.78 is 56.8. The van der Waals surface area contributed by atoms with E-state index in [-0.39, 0.29) is 18.1 Å². The first-order chi connectivity index (χ1) is 9.33. The first-order valence-corrected chi connectivity index (χ1v) is 6.98. The predicted octanol–water partition coefficient (Wildman–Crippen LogP) is 0.853. The summed E-state index contributed by atoms with van der Waals surface area (Å²) in [6.45, 7) is -0.707. The highest BCUT2D eigenvalue weighted by atomic mass is 32.2. The Morgan fingerprint density at radius 3 is 2.70 bits per heavy atom. The number of esters is 1. The SMILES string of the molecule is COCOc1cc(C(=O)OCCS(=O)(=O)O)ccc1F. The molecule has 20 heavy (non-hydrogen) atoms. The van der Waals surface area contributed by atoms with Crippen LogP contribution in [-0.2, 0) is 19.6 Å². The third-order valence-electron chi connectivity index (χ3n) is 2.07. The average molecular weight is 308 g/mol. The van der Waals surface area contributed by atoms with Gasteiger partial charge in [-0.1, -0.05) is 0 Å². The van der Waals surface area contributed by atoms with Crippen LogP contribution in [0.15, 0.2) is 18.2 Å². The molecule has 0 unspecified atom stereocenters. The van der Waals surface area contributed by atoms with E-state index in [0.717, 1.165) is 18.2 Å². The summed E-state index contributed by atoms with van der Waals surface area (Å²) in [6.07, 6.45) is 0. The smallest absolute Gasteiger partial charge is 0.338 e. The van der Waals surface area contributed by atoms with Gasteiger partial charge in [-0.2, -0.15) is 8.42 Å². The van der Waals surface area contributed by atoms with Crippen molar-refractivity contribution in [2.45, 2.75) is 0 Å². The van der Waals surface area contributed by atoms with Crippen LogP contribution in [-0.4, -0.2) is 45.2 Å². The normalized spacial score (nSPS) is 11.2. The summed E-state index contributed by atoms with van der Waals surface area (Å²) in [5.41, 5.74) is -0.0205. The monoisotopic (exact) mass is 308 g/mol. The number of hydrogen-bond acceptors (Lipinski definition) is 6. The Morgan fingerprint density at radius 2 is 2.10 bits per heavy atom. The third-order valence-corrected chi connectivity index (χ3v) is 2.76. The van der Waals surface area contributed by atoms with Gasteiger partial charge in [0, 0.05) is 7.11 Å². The topological polar surface area (TPSA) is 99.1 Å². The molecule has 0 saturated heterocycles. The van der Waals surface area contributed by atoms with Crippen LogP contribution in [0.3, 0.4) is 0 Å². The Hall–Kier alpha value is -1.71. The van der Waals surface area contributed by atoms with Crippen molar-refractivity contribution in [3.8, 4) is 5.75 Å². The van der Waals surface area contributed by atoms with Crippen LogP contribution in [0.2, 0.25) is 0 Å². The van der Waals surface area contributed by atoms with Crippen LogP contribution in [0.25, 0.3) is 0 Å². The zero-order valence-electron chi connectivity index (χ0n) is 10.5. The molecule has 0 aliphatic carbocycles. The van der Waals surface area contributed by atoms with E-state index in [1.54, 1.807) is 0 Å². The van der Waals surface area contributed by atoms with Gasteiger partial charge in [-0.05, 0) is 18.2 Å². The second-order valence-corrected chi connectivity index (χ2v) is 5.19. The van der Waals surface area contributed by atoms with Gasteiger partial charge < -0.3 is 14.2 Å². The van der Waals surface area contributed by atoms with Gasteiger partial charge in [0.05, 0.1) is 5.56 Å². The third kappa shape index (κ3) is 5.51. The molecule has 0 aromatic heterocycles. The second-order valence-electron chi connectivity index (χ2n) is 3.62. The quantitative estimate of drug-likeness (QED) is 0.453. The maximum atomic E-state index is 13.3. The zero-order valence-corrected chi connectivity index (χ0v) is 11.4. The summed E-state index contributed by atoms with van der Waals surface area (Å²) in [6, 6.07) is 3.26. The minimum atomic E-state index is -4.21. The lowest BCUT2D eigenvalue weighted by molar-refractivity contribution is 0.0469. The van der Waals surface area contributed by atoms with Crippen molar-refractivity contribution in [2.75, 3.05) is 26.3 Å². The molecule has 0 spiro atoms. The standard InChI is InChI=1S/C11H13FO7S/c1-17-7-19-10-6-8(2-3-9(10)12)11(13)18-4-5-20(14,15)16/h2-3,6H,4-5,7H2,1H3,(H,14,15,16). The molecule has 1 rings (SSSR count). The number of rotatable bonds is 7.